The van der Waals surface area contributed by atoms with E-state index in [2.05, 4.69) is 64.9 Å². The fourth-order valence-electron chi connectivity index (χ4n) is 4.42. The van der Waals surface area contributed by atoms with Gasteiger partial charge in [-0.2, -0.15) is 0 Å². The molecular formula is C27H31N3O2. The van der Waals surface area contributed by atoms with Crippen LogP contribution in [0.5, 0.6) is 0 Å². The maximum Gasteiger partial charge on any atom is 0.253 e. The number of fused-ring (bicyclic) bond motifs is 1. The molecule has 0 spiro atoms. The Morgan fingerprint density at radius 1 is 0.906 bits per heavy atom. The second kappa shape index (κ2) is 9.53. The Morgan fingerprint density at radius 3 is 2.34 bits per heavy atom. The van der Waals surface area contributed by atoms with Crippen LogP contribution in [0.25, 0.3) is 5.57 Å². The van der Waals surface area contributed by atoms with Crippen LogP contribution in [0.2, 0.25) is 0 Å². The van der Waals surface area contributed by atoms with Gasteiger partial charge in [-0.1, -0.05) is 60.7 Å². The van der Waals surface area contributed by atoms with E-state index in [0.717, 1.165) is 19.3 Å². The van der Waals surface area contributed by atoms with Gasteiger partial charge in [-0.15, -0.1) is 0 Å². The summed E-state index contributed by atoms with van der Waals surface area (Å²) in [4.78, 5) is 26.7. The van der Waals surface area contributed by atoms with E-state index in [0.29, 0.717) is 17.9 Å². The number of likely N-dealkylation sites (N-methyl/N-ethyl adjacent to an activating group) is 1. The monoisotopic (exact) mass is 429 g/mol. The number of rotatable bonds is 10. The number of anilines is 2. The van der Waals surface area contributed by atoms with Crippen LogP contribution in [0.15, 0.2) is 70.3 Å². The molecule has 1 unspecified atom stereocenters. The molecule has 166 valence electrons. The second-order valence-electron chi connectivity index (χ2n) is 8.94. The lowest BCUT2D eigenvalue weighted by molar-refractivity contribution is 0.303. The van der Waals surface area contributed by atoms with Gasteiger partial charge in [0.05, 0.1) is 0 Å². The minimum atomic E-state index is -0.428. The third kappa shape index (κ3) is 4.68. The van der Waals surface area contributed by atoms with Gasteiger partial charge in [-0.05, 0) is 62.5 Å². The van der Waals surface area contributed by atoms with E-state index in [9.17, 15) is 9.59 Å². The number of allylic oxidation sites excluding steroid dienone is 1. The lowest BCUT2D eigenvalue weighted by Gasteiger charge is -2.26. The summed E-state index contributed by atoms with van der Waals surface area (Å²) in [5, 5.41) is 6.56. The molecule has 0 aliphatic heterocycles. The maximum absolute atomic E-state index is 12.3. The molecule has 5 nitrogen and oxygen atoms in total. The Hall–Kier alpha value is -3.18. The Bertz CT molecular complexity index is 1170. The first-order valence-electron chi connectivity index (χ1n) is 11.3. The predicted molar refractivity (Wildman–Crippen MR) is 133 cm³/mol. The Balaban J connectivity index is 1.39. The Labute approximate surface area is 189 Å². The van der Waals surface area contributed by atoms with Crippen LogP contribution in [-0.4, -0.2) is 37.6 Å². The van der Waals surface area contributed by atoms with Gasteiger partial charge in [-0.3, -0.25) is 9.59 Å². The highest BCUT2D eigenvalue weighted by Gasteiger charge is 2.24. The minimum absolute atomic E-state index is 0.0465. The highest BCUT2D eigenvalue weighted by molar-refractivity contribution is 5.76. The van der Waals surface area contributed by atoms with Crippen molar-refractivity contribution < 1.29 is 0 Å². The maximum atomic E-state index is 12.3. The number of hydrogen-bond donors (Lipinski definition) is 2. The summed E-state index contributed by atoms with van der Waals surface area (Å²) in [7, 11) is 4.07. The smallest absolute Gasteiger partial charge is 0.253 e. The third-order valence-electron chi connectivity index (χ3n) is 6.32. The highest BCUT2D eigenvalue weighted by Crippen LogP contribution is 2.31. The summed E-state index contributed by atoms with van der Waals surface area (Å²) in [5.41, 5.74) is 5.17. The van der Waals surface area contributed by atoms with Crippen LogP contribution in [-0.2, 0) is 12.8 Å². The zero-order chi connectivity index (χ0) is 22.7. The minimum Gasteiger partial charge on any atom is -0.378 e. The average Bonchev–Trinajstić information content (AvgIpc) is 3.20. The topological polar surface area (TPSA) is 61.4 Å². The van der Waals surface area contributed by atoms with Crippen molar-refractivity contribution in [1.82, 2.24) is 4.90 Å². The van der Waals surface area contributed by atoms with E-state index >= 15 is 0 Å². The SMILES string of the molecule is C[C@@H](CC1=CCc2ccccc21)Nc1c(NCC(Cc2ccccc2)N(C)C)c(=O)c1=O. The second-order valence-corrected chi connectivity index (χ2v) is 8.94. The molecule has 0 bridgehead atoms. The lowest BCUT2D eigenvalue weighted by Crippen LogP contribution is -2.42. The van der Waals surface area contributed by atoms with Crippen LogP contribution in [0.1, 0.15) is 30.0 Å². The van der Waals surface area contributed by atoms with Gasteiger partial charge in [0.2, 0.25) is 0 Å². The summed E-state index contributed by atoms with van der Waals surface area (Å²) in [6.07, 6.45) is 4.89. The molecule has 5 heteroatoms. The largest absolute Gasteiger partial charge is 0.378 e. The van der Waals surface area contributed by atoms with Crippen molar-refractivity contribution in [2.75, 3.05) is 31.3 Å². The van der Waals surface area contributed by atoms with Crippen molar-refractivity contribution in [3.63, 3.8) is 0 Å². The standard InChI is InChI=1S/C27H31N3O2/c1-18(15-21-14-13-20-11-7-8-12-23(20)21)29-25-24(26(31)27(25)32)28-17-22(30(2)3)16-19-9-5-4-6-10-19/h4-12,14,18,22,28-29H,13,15-17H2,1-3H3/t18-,22?/m0/s1. The first kappa shape index (κ1) is 22.0. The molecule has 0 amide bonds. The lowest BCUT2D eigenvalue weighted by atomic mass is 10.00. The number of nitrogens with one attached hydrogen (secondary N) is 2. The van der Waals surface area contributed by atoms with Gasteiger partial charge >= 0.3 is 0 Å². The van der Waals surface area contributed by atoms with Gasteiger partial charge in [0.25, 0.3) is 10.9 Å². The van der Waals surface area contributed by atoms with E-state index in [1.165, 1.54) is 22.3 Å². The molecule has 4 rings (SSSR count). The van der Waals surface area contributed by atoms with Crippen LogP contribution in [0.3, 0.4) is 0 Å². The van der Waals surface area contributed by atoms with Gasteiger partial charge in [0.1, 0.15) is 11.4 Å². The van der Waals surface area contributed by atoms with E-state index in [-0.39, 0.29) is 12.1 Å². The van der Waals surface area contributed by atoms with Crippen molar-refractivity contribution in [1.29, 1.82) is 0 Å². The van der Waals surface area contributed by atoms with Gasteiger partial charge in [0.15, 0.2) is 0 Å². The zero-order valence-electron chi connectivity index (χ0n) is 19.0. The molecule has 0 saturated carbocycles. The summed E-state index contributed by atoms with van der Waals surface area (Å²) in [6.45, 7) is 2.65. The van der Waals surface area contributed by atoms with Crippen molar-refractivity contribution in [2.45, 2.75) is 38.3 Å². The first-order valence-corrected chi connectivity index (χ1v) is 11.3. The Morgan fingerprint density at radius 2 is 1.59 bits per heavy atom. The van der Waals surface area contributed by atoms with Crippen molar-refractivity contribution in [3.8, 4) is 0 Å². The summed E-state index contributed by atoms with van der Waals surface area (Å²) in [5.74, 6) is 0. The van der Waals surface area contributed by atoms with Crippen LogP contribution >= 0.6 is 0 Å². The molecule has 3 aromatic carbocycles. The normalized spacial score (nSPS) is 14.8. The molecule has 2 N–H and O–H groups in total. The summed E-state index contributed by atoms with van der Waals surface area (Å²) < 4.78 is 0. The molecule has 1 aliphatic rings. The quantitative estimate of drug-likeness (QED) is 0.481. The van der Waals surface area contributed by atoms with E-state index < -0.39 is 10.9 Å². The molecule has 0 fully saturated rings. The van der Waals surface area contributed by atoms with E-state index in [4.69, 9.17) is 0 Å². The molecule has 3 aromatic rings. The van der Waals surface area contributed by atoms with Gasteiger partial charge in [0, 0.05) is 18.6 Å². The predicted octanol–water partition coefficient (Wildman–Crippen LogP) is 3.70. The molecule has 0 aromatic heterocycles. The van der Waals surface area contributed by atoms with Crippen molar-refractivity contribution in [3.05, 3.63) is 97.8 Å². The molecule has 1 aliphatic carbocycles. The fraction of sp³-hybridized carbons (Fsp3) is 0.333. The molecular weight excluding hydrogens is 398 g/mol. The van der Waals surface area contributed by atoms with Gasteiger partial charge < -0.3 is 15.5 Å². The Kier molecular flexibility index (Phi) is 6.56. The fourth-order valence-corrected chi connectivity index (χ4v) is 4.42. The third-order valence-corrected chi connectivity index (χ3v) is 6.32. The molecule has 2 atom stereocenters. The molecule has 0 saturated heterocycles. The summed E-state index contributed by atoms with van der Waals surface area (Å²) in [6, 6.07) is 19.0. The van der Waals surface area contributed by atoms with E-state index in [1.807, 2.05) is 32.3 Å². The highest BCUT2D eigenvalue weighted by atomic mass is 16.2. The van der Waals surface area contributed by atoms with Crippen LogP contribution < -0.4 is 21.5 Å². The number of hydrogen-bond acceptors (Lipinski definition) is 5. The van der Waals surface area contributed by atoms with Crippen LogP contribution in [0.4, 0.5) is 11.4 Å². The number of nitrogens with zero attached hydrogens (tertiary/aromatic N) is 1. The van der Waals surface area contributed by atoms with Crippen molar-refractivity contribution in [2.24, 2.45) is 0 Å². The van der Waals surface area contributed by atoms with E-state index in [1.54, 1.807) is 0 Å². The summed E-state index contributed by atoms with van der Waals surface area (Å²) >= 11 is 0. The van der Waals surface area contributed by atoms with Crippen molar-refractivity contribution >= 4 is 16.9 Å². The molecule has 0 radical (unpaired) electrons. The molecule has 32 heavy (non-hydrogen) atoms. The molecule has 0 heterocycles. The zero-order valence-corrected chi connectivity index (χ0v) is 19.0. The average molecular weight is 430 g/mol. The first-order chi connectivity index (χ1) is 15.4. The van der Waals surface area contributed by atoms with Crippen LogP contribution in [0, 0.1) is 0 Å². The van der Waals surface area contributed by atoms with Gasteiger partial charge in [-0.25, -0.2) is 0 Å². The number of benzene rings is 2.